The van der Waals surface area contributed by atoms with E-state index in [0.717, 1.165) is 16.8 Å². The molecule has 0 radical (unpaired) electrons. The minimum absolute atomic E-state index is 0.340. The van der Waals surface area contributed by atoms with E-state index in [2.05, 4.69) is 24.1 Å². The molecule has 0 unspecified atom stereocenters. The Bertz CT molecular complexity index is 783. The first-order valence-electron chi connectivity index (χ1n) is 9.17. The molecule has 152 valence electrons. The molecule has 7 heteroatoms. The predicted octanol–water partition coefficient (Wildman–Crippen LogP) is 2.76. The molecule has 1 heterocycles. The Balaban J connectivity index is 2.26. The van der Waals surface area contributed by atoms with Crippen molar-refractivity contribution in [2.45, 2.75) is 32.9 Å². The van der Waals surface area contributed by atoms with Crippen molar-refractivity contribution in [3.05, 3.63) is 36.0 Å². The monoisotopic (exact) mass is 387 g/mol. The van der Waals surface area contributed by atoms with Crippen LogP contribution in [-0.2, 0) is 11.3 Å². The summed E-state index contributed by atoms with van der Waals surface area (Å²) in [5.41, 5.74) is 8.10. The van der Waals surface area contributed by atoms with Crippen LogP contribution in [0.5, 0.6) is 17.2 Å². The number of aromatic nitrogens is 1. The number of hydrogen-bond donors (Lipinski definition) is 2. The summed E-state index contributed by atoms with van der Waals surface area (Å²) in [5.74, 6) is 1.69. The van der Waals surface area contributed by atoms with Gasteiger partial charge in [0.05, 0.1) is 33.1 Å². The standard InChI is InChI=1S/C21H29N3O4/c1-13(2)8-17(21(22)25)24-12-14-6-7-23-16(9-14)15-10-18(26-3)20(28-5)19(11-15)27-4/h6-7,9-11,13,17,24H,8,12H2,1-5H3,(H2,22,25)/t17-/m0/s1. The fraction of sp³-hybridized carbons (Fsp3) is 0.429. The van der Waals surface area contributed by atoms with Crippen LogP contribution in [0.25, 0.3) is 11.3 Å². The van der Waals surface area contributed by atoms with Crippen LogP contribution < -0.4 is 25.3 Å². The molecule has 1 atom stereocenters. The molecule has 0 bridgehead atoms. The van der Waals surface area contributed by atoms with Crippen LogP contribution >= 0.6 is 0 Å². The lowest BCUT2D eigenvalue weighted by Gasteiger charge is -2.18. The second kappa shape index (κ2) is 9.94. The molecule has 3 N–H and O–H groups in total. The highest BCUT2D eigenvalue weighted by Crippen LogP contribution is 2.40. The van der Waals surface area contributed by atoms with Gasteiger partial charge in [-0.3, -0.25) is 9.78 Å². The lowest BCUT2D eigenvalue weighted by Crippen LogP contribution is -2.41. The zero-order valence-electron chi connectivity index (χ0n) is 17.1. The number of primary amides is 1. The van der Waals surface area contributed by atoms with Gasteiger partial charge < -0.3 is 25.3 Å². The van der Waals surface area contributed by atoms with Gasteiger partial charge in [-0.25, -0.2) is 0 Å². The molecule has 1 aromatic heterocycles. The molecule has 0 aliphatic carbocycles. The number of pyridine rings is 1. The second-order valence-electron chi connectivity index (χ2n) is 6.93. The van der Waals surface area contributed by atoms with Crippen LogP contribution in [-0.4, -0.2) is 38.3 Å². The van der Waals surface area contributed by atoms with E-state index in [1.165, 1.54) is 0 Å². The van der Waals surface area contributed by atoms with Crippen molar-refractivity contribution in [3.63, 3.8) is 0 Å². The van der Waals surface area contributed by atoms with Crippen molar-refractivity contribution in [3.8, 4) is 28.5 Å². The van der Waals surface area contributed by atoms with Crippen LogP contribution in [0, 0.1) is 5.92 Å². The molecule has 2 aromatic rings. The van der Waals surface area contributed by atoms with Crippen LogP contribution in [0.1, 0.15) is 25.8 Å². The fourth-order valence-corrected chi connectivity index (χ4v) is 2.98. The Hall–Kier alpha value is -2.80. The highest BCUT2D eigenvalue weighted by atomic mass is 16.5. The fourth-order valence-electron chi connectivity index (χ4n) is 2.98. The van der Waals surface area contributed by atoms with Gasteiger partial charge in [-0.2, -0.15) is 0 Å². The topological polar surface area (TPSA) is 95.7 Å². The maximum atomic E-state index is 11.7. The molecule has 0 saturated carbocycles. The lowest BCUT2D eigenvalue weighted by molar-refractivity contribution is -0.120. The molecule has 0 saturated heterocycles. The van der Waals surface area contributed by atoms with E-state index in [4.69, 9.17) is 19.9 Å². The number of nitrogens with zero attached hydrogens (tertiary/aromatic N) is 1. The molecule has 2 rings (SSSR count). The number of carbonyl (C=O) groups is 1. The Kier molecular flexibility index (Phi) is 7.63. The molecular weight excluding hydrogens is 358 g/mol. The number of benzene rings is 1. The molecule has 7 nitrogen and oxygen atoms in total. The van der Waals surface area contributed by atoms with E-state index in [-0.39, 0.29) is 11.9 Å². The highest BCUT2D eigenvalue weighted by molar-refractivity contribution is 5.79. The summed E-state index contributed by atoms with van der Waals surface area (Å²) in [5, 5.41) is 3.24. The number of methoxy groups -OCH3 is 3. The Labute approximate surface area is 166 Å². The molecule has 28 heavy (non-hydrogen) atoms. The van der Waals surface area contributed by atoms with Gasteiger partial charge in [0.1, 0.15) is 0 Å². The van der Waals surface area contributed by atoms with Crippen molar-refractivity contribution in [2.75, 3.05) is 21.3 Å². The van der Waals surface area contributed by atoms with Crippen molar-refractivity contribution in [1.82, 2.24) is 10.3 Å². The van der Waals surface area contributed by atoms with Crippen molar-refractivity contribution >= 4 is 5.91 Å². The van der Waals surface area contributed by atoms with E-state index in [1.54, 1.807) is 27.5 Å². The maximum Gasteiger partial charge on any atom is 0.234 e. The summed E-state index contributed by atoms with van der Waals surface area (Å²) in [6, 6.07) is 7.21. The number of carbonyl (C=O) groups excluding carboxylic acids is 1. The Morgan fingerprint density at radius 2 is 1.75 bits per heavy atom. The third-order valence-corrected chi connectivity index (χ3v) is 4.39. The first kappa shape index (κ1) is 21.5. The SMILES string of the molecule is COc1cc(-c2cc(CN[C@@H](CC(C)C)C(N)=O)ccn2)cc(OC)c1OC. The van der Waals surface area contributed by atoms with Gasteiger partial charge in [0.2, 0.25) is 11.7 Å². The molecule has 0 fully saturated rings. The summed E-state index contributed by atoms with van der Waals surface area (Å²) in [4.78, 5) is 16.1. The summed E-state index contributed by atoms with van der Waals surface area (Å²) < 4.78 is 16.2. The number of nitrogens with one attached hydrogen (secondary N) is 1. The van der Waals surface area contributed by atoms with Gasteiger partial charge in [0, 0.05) is 18.3 Å². The van der Waals surface area contributed by atoms with Crippen LogP contribution in [0.4, 0.5) is 0 Å². The van der Waals surface area contributed by atoms with E-state index in [0.29, 0.717) is 36.1 Å². The predicted molar refractivity (Wildman–Crippen MR) is 109 cm³/mol. The smallest absolute Gasteiger partial charge is 0.234 e. The average Bonchev–Trinajstić information content (AvgIpc) is 2.69. The van der Waals surface area contributed by atoms with E-state index >= 15 is 0 Å². The summed E-state index contributed by atoms with van der Waals surface area (Å²) in [6.07, 6.45) is 2.43. The number of nitrogens with two attached hydrogens (primary N) is 1. The first-order valence-corrected chi connectivity index (χ1v) is 9.17. The van der Waals surface area contributed by atoms with Gasteiger partial charge >= 0.3 is 0 Å². The van der Waals surface area contributed by atoms with Crippen molar-refractivity contribution in [2.24, 2.45) is 11.7 Å². The minimum Gasteiger partial charge on any atom is -0.493 e. The number of hydrogen-bond acceptors (Lipinski definition) is 6. The van der Waals surface area contributed by atoms with E-state index < -0.39 is 0 Å². The maximum absolute atomic E-state index is 11.7. The van der Waals surface area contributed by atoms with E-state index in [1.807, 2.05) is 24.3 Å². The number of ether oxygens (including phenoxy) is 3. The van der Waals surface area contributed by atoms with Gasteiger partial charge in [0.25, 0.3) is 0 Å². The van der Waals surface area contributed by atoms with Crippen LogP contribution in [0.3, 0.4) is 0 Å². The van der Waals surface area contributed by atoms with Crippen molar-refractivity contribution in [1.29, 1.82) is 0 Å². The highest BCUT2D eigenvalue weighted by Gasteiger charge is 2.17. The summed E-state index contributed by atoms with van der Waals surface area (Å²) >= 11 is 0. The van der Waals surface area contributed by atoms with Crippen LogP contribution in [0.15, 0.2) is 30.5 Å². The zero-order valence-corrected chi connectivity index (χ0v) is 17.1. The van der Waals surface area contributed by atoms with Crippen LogP contribution in [0.2, 0.25) is 0 Å². The van der Waals surface area contributed by atoms with Gasteiger partial charge in [-0.05, 0) is 42.2 Å². The number of rotatable bonds is 10. The normalized spacial score (nSPS) is 11.9. The van der Waals surface area contributed by atoms with Gasteiger partial charge in [-0.15, -0.1) is 0 Å². The number of amides is 1. The quantitative estimate of drug-likeness (QED) is 0.651. The molecular formula is C21H29N3O4. The third-order valence-electron chi connectivity index (χ3n) is 4.39. The summed E-state index contributed by atoms with van der Waals surface area (Å²) in [7, 11) is 4.72. The van der Waals surface area contributed by atoms with Gasteiger partial charge in [0.15, 0.2) is 11.5 Å². The molecule has 0 aliphatic rings. The Morgan fingerprint density at radius 3 is 2.25 bits per heavy atom. The summed E-state index contributed by atoms with van der Waals surface area (Å²) in [6.45, 7) is 4.64. The Morgan fingerprint density at radius 1 is 1.11 bits per heavy atom. The molecule has 0 aliphatic heterocycles. The first-order chi connectivity index (χ1) is 13.4. The molecule has 1 aromatic carbocycles. The molecule has 1 amide bonds. The molecule has 0 spiro atoms. The average molecular weight is 387 g/mol. The minimum atomic E-state index is -0.363. The second-order valence-corrected chi connectivity index (χ2v) is 6.93. The third kappa shape index (κ3) is 5.36. The van der Waals surface area contributed by atoms with Crippen molar-refractivity contribution < 1.29 is 19.0 Å². The van der Waals surface area contributed by atoms with E-state index in [9.17, 15) is 4.79 Å². The lowest BCUT2D eigenvalue weighted by atomic mass is 10.0. The zero-order chi connectivity index (χ0) is 20.7. The van der Waals surface area contributed by atoms with Gasteiger partial charge in [-0.1, -0.05) is 13.8 Å². The largest absolute Gasteiger partial charge is 0.493 e.